The highest BCUT2D eigenvalue weighted by molar-refractivity contribution is 9.10. The lowest BCUT2D eigenvalue weighted by Gasteiger charge is -2.35. The summed E-state index contributed by atoms with van der Waals surface area (Å²) in [4.78, 5) is 23.0. The molecule has 6 nitrogen and oxygen atoms in total. The van der Waals surface area contributed by atoms with Crippen molar-refractivity contribution in [3.8, 4) is 0 Å². The van der Waals surface area contributed by atoms with Crippen LogP contribution in [0.5, 0.6) is 0 Å². The summed E-state index contributed by atoms with van der Waals surface area (Å²) in [7, 11) is 0. The Kier molecular flexibility index (Phi) is 4.31. The number of aromatic amines is 1. The van der Waals surface area contributed by atoms with E-state index in [-0.39, 0.29) is 5.56 Å². The van der Waals surface area contributed by atoms with Gasteiger partial charge in [-0.25, -0.2) is 4.98 Å². The Morgan fingerprint density at radius 1 is 1.50 bits per heavy atom. The third kappa shape index (κ3) is 3.06. The number of H-pyrrole nitrogens is 1. The molecule has 2 rings (SSSR count). The van der Waals surface area contributed by atoms with Crippen LogP contribution in [-0.2, 0) is 0 Å². The molecule has 0 aromatic carbocycles. The molecule has 1 aliphatic rings. The van der Waals surface area contributed by atoms with Gasteiger partial charge in [-0.2, -0.15) is 0 Å². The molecule has 0 radical (unpaired) electrons. The molecule has 1 aromatic heterocycles. The van der Waals surface area contributed by atoms with E-state index in [4.69, 9.17) is 18.0 Å². The lowest BCUT2D eigenvalue weighted by atomic mass is 10.3. The second-order valence-electron chi connectivity index (χ2n) is 4.10. The van der Waals surface area contributed by atoms with Crippen molar-refractivity contribution in [2.24, 2.45) is 5.73 Å². The molecule has 0 spiro atoms. The Hall–Kier alpha value is -0.990. The zero-order valence-corrected chi connectivity index (χ0v) is 12.1. The van der Waals surface area contributed by atoms with Crippen molar-refractivity contribution in [2.45, 2.75) is 0 Å². The maximum absolute atomic E-state index is 11.5. The zero-order chi connectivity index (χ0) is 13.1. The van der Waals surface area contributed by atoms with Gasteiger partial charge in [0.05, 0.1) is 11.3 Å². The first kappa shape index (κ1) is 13.4. The molecule has 1 aliphatic heterocycles. The smallest absolute Gasteiger partial charge is 0.267 e. The van der Waals surface area contributed by atoms with E-state index in [1.807, 2.05) is 0 Å². The third-order valence-electron chi connectivity index (χ3n) is 2.83. The number of halogens is 1. The van der Waals surface area contributed by atoms with Gasteiger partial charge in [-0.05, 0) is 15.9 Å². The summed E-state index contributed by atoms with van der Waals surface area (Å²) in [5, 5.41) is 0. The SMILES string of the molecule is NC(=S)CN1CCN(c2nc[nH]c(=O)c2Br)CC1. The van der Waals surface area contributed by atoms with E-state index < -0.39 is 0 Å². The van der Waals surface area contributed by atoms with Crippen LogP contribution in [0.2, 0.25) is 0 Å². The largest absolute Gasteiger partial charge is 0.392 e. The van der Waals surface area contributed by atoms with Crippen molar-refractivity contribution in [1.82, 2.24) is 14.9 Å². The summed E-state index contributed by atoms with van der Waals surface area (Å²) in [6.07, 6.45) is 1.42. The molecule has 1 fully saturated rings. The molecule has 18 heavy (non-hydrogen) atoms. The molecule has 2 heterocycles. The molecule has 1 aromatic rings. The second-order valence-corrected chi connectivity index (χ2v) is 5.42. The summed E-state index contributed by atoms with van der Waals surface area (Å²) in [6.45, 7) is 3.97. The van der Waals surface area contributed by atoms with Gasteiger partial charge in [0.25, 0.3) is 5.56 Å². The van der Waals surface area contributed by atoms with E-state index in [1.165, 1.54) is 6.33 Å². The van der Waals surface area contributed by atoms with Crippen molar-refractivity contribution in [1.29, 1.82) is 0 Å². The predicted molar refractivity (Wildman–Crippen MR) is 78.0 cm³/mol. The lowest BCUT2D eigenvalue weighted by Crippen LogP contribution is -2.49. The number of nitrogens with one attached hydrogen (secondary N) is 1. The minimum Gasteiger partial charge on any atom is -0.392 e. The van der Waals surface area contributed by atoms with Crippen molar-refractivity contribution in [2.75, 3.05) is 37.6 Å². The number of aromatic nitrogens is 2. The lowest BCUT2D eigenvalue weighted by molar-refractivity contribution is 0.291. The summed E-state index contributed by atoms with van der Waals surface area (Å²) < 4.78 is 0.479. The Bertz CT molecular complexity index is 497. The Balaban J connectivity index is 2.03. The maximum atomic E-state index is 11.5. The summed E-state index contributed by atoms with van der Waals surface area (Å²) in [5.74, 6) is 0.689. The monoisotopic (exact) mass is 331 g/mol. The molecule has 0 unspecified atom stereocenters. The highest BCUT2D eigenvalue weighted by Gasteiger charge is 2.20. The fourth-order valence-corrected chi connectivity index (χ4v) is 2.58. The third-order valence-corrected chi connectivity index (χ3v) is 3.67. The first-order chi connectivity index (χ1) is 8.58. The quantitative estimate of drug-likeness (QED) is 0.755. The van der Waals surface area contributed by atoms with E-state index in [1.54, 1.807) is 0 Å². The molecular weight excluding hydrogens is 318 g/mol. The van der Waals surface area contributed by atoms with Crippen molar-refractivity contribution >= 4 is 39.0 Å². The number of nitrogens with zero attached hydrogens (tertiary/aromatic N) is 3. The first-order valence-corrected chi connectivity index (χ1v) is 6.77. The molecule has 1 saturated heterocycles. The average Bonchev–Trinajstić information content (AvgIpc) is 2.33. The van der Waals surface area contributed by atoms with E-state index >= 15 is 0 Å². The van der Waals surface area contributed by atoms with E-state index in [2.05, 4.69) is 35.7 Å². The van der Waals surface area contributed by atoms with Gasteiger partial charge in [-0.3, -0.25) is 9.69 Å². The van der Waals surface area contributed by atoms with Gasteiger partial charge in [-0.1, -0.05) is 12.2 Å². The number of hydrogen-bond acceptors (Lipinski definition) is 5. The Morgan fingerprint density at radius 2 is 2.17 bits per heavy atom. The van der Waals surface area contributed by atoms with E-state index in [9.17, 15) is 4.79 Å². The predicted octanol–water partition coefficient (Wildman–Crippen LogP) is -0.0595. The summed E-state index contributed by atoms with van der Waals surface area (Å²) in [5.41, 5.74) is 5.36. The molecule has 3 N–H and O–H groups in total. The van der Waals surface area contributed by atoms with Crippen LogP contribution in [0.3, 0.4) is 0 Å². The number of nitrogens with two attached hydrogens (primary N) is 1. The van der Waals surface area contributed by atoms with Gasteiger partial charge in [0.2, 0.25) is 0 Å². The van der Waals surface area contributed by atoms with Crippen LogP contribution < -0.4 is 16.2 Å². The summed E-state index contributed by atoms with van der Waals surface area (Å²) in [6, 6.07) is 0. The van der Waals surface area contributed by atoms with Crippen molar-refractivity contribution in [3.63, 3.8) is 0 Å². The summed E-state index contributed by atoms with van der Waals surface area (Å²) >= 11 is 8.16. The number of piperazine rings is 1. The Labute approximate surface area is 118 Å². The van der Waals surface area contributed by atoms with Gasteiger partial charge in [0.15, 0.2) is 0 Å². The van der Waals surface area contributed by atoms with Gasteiger partial charge >= 0.3 is 0 Å². The van der Waals surface area contributed by atoms with Crippen LogP contribution in [0.4, 0.5) is 5.82 Å². The molecule has 0 saturated carbocycles. The average molecular weight is 332 g/mol. The molecule has 98 valence electrons. The highest BCUT2D eigenvalue weighted by Crippen LogP contribution is 2.20. The molecule has 0 aliphatic carbocycles. The second kappa shape index (κ2) is 5.77. The van der Waals surface area contributed by atoms with Crippen LogP contribution in [0.1, 0.15) is 0 Å². The van der Waals surface area contributed by atoms with E-state index in [0.717, 1.165) is 26.2 Å². The standard InChI is InChI=1S/C10H14BrN5OS/c11-8-9(13-6-14-10(8)17)16-3-1-15(2-4-16)5-7(12)18/h6H,1-5H2,(H2,12,18)(H,13,14,17). The zero-order valence-electron chi connectivity index (χ0n) is 9.73. The van der Waals surface area contributed by atoms with Crippen LogP contribution >= 0.6 is 28.1 Å². The Morgan fingerprint density at radius 3 is 2.78 bits per heavy atom. The first-order valence-electron chi connectivity index (χ1n) is 5.56. The molecule has 0 amide bonds. The number of anilines is 1. The normalized spacial score (nSPS) is 16.8. The van der Waals surface area contributed by atoms with Crippen LogP contribution in [0.25, 0.3) is 0 Å². The van der Waals surface area contributed by atoms with Gasteiger partial charge in [0.1, 0.15) is 10.3 Å². The minimum absolute atomic E-state index is 0.162. The highest BCUT2D eigenvalue weighted by atomic mass is 79.9. The van der Waals surface area contributed by atoms with Gasteiger partial charge in [-0.15, -0.1) is 0 Å². The molecule has 0 atom stereocenters. The maximum Gasteiger partial charge on any atom is 0.267 e. The van der Waals surface area contributed by atoms with Gasteiger partial charge < -0.3 is 15.6 Å². The molecular formula is C10H14BrN5OS. The number of hydrogen-bond donors (Lipinski definition) is 2. The minimum atomic E-state index is -0.162. The number of rotatable bonds is 3. The fourth-order valence-electron chi connectivity index (χ4n) is 1.93. The van der Waals surface area contributed by atoms with Gasteiger partial charge in [0, 0.05) is 32.7 Å². The van der Waals surface area contributed by atoms with E-state index in [0.29, 0.717) is 21.8 Å². The van der Waals surface area contributed by atoms with Crippen molar-refractivity contribution < 1.29 is 0 Å². The molecule has 0 bridgehead atoms. The molecule has 8 heteroatoms. The van der Waals surface area contributed by atoms with Crippen LogP contribution in [0.15, 0.2) is 15.6 Å². The fraction of sp³-hybridized carbons (Fsp3) is 0.500. The topological polar surface area (TPSA) is 78.2 Å². The number of thiocarbonyl (C=S) groups is 1. The van der Waals surface area contributed by atoms with Crippen molar-refractivity contribution in [3.05, 3.63) is 21.2 Å². The van der Waals surface area contributed by atoms with Crippen LogP contribution in [0, 0.1) is 0 Å². The van der Waals surface area contributed by atoms with Crippen LogP contribution in [-0.4, -0.2) is 52.6 Å².